The fraction of sp³-hybridized carbons (Fsp3) is 0.250. The second-order valence-corrected chi connectivity index (χ2v) is 3.90. The maximum absolute atomic E-state index is 11.7. The highest BCUT2D eigenvalue weighted by atomic mass is 35.5. The third-order valence-corrected chi connectivity index (χ3v) is 2.53. The van der Waals surface area contributed by atoms with E-state index in [9.17, 15) is 4.79 Å². The first kappa shape index (κ1) is 12.0. The Kier molecular flexibility index (Phi) is 4.06. The van der Waals surface area contributed by atoms with Crippen LogP contribution in [0, 0.1) is 0 Å². The fourth-order valence-corrected chi connectivity index (χ4v) is 1.73. The third-order valence-electron chi connectivity index (χ3n) is 2.19. The molecule has 1 aromatic carbocycles. The van der Waals surface area contributed by atoms with E-state index in [1.165, 1.54) is 6.08 Å². The van der Waals surface area contributed by atoms with Crippen LogP contribution in [0.3, 0.4) is 0 Å². The van der Waals surface area contributed by atoms with Crippen LogP contribution in [0.4, 0.5) is 0 Å². The minimum absolute atomic E-state index is 0.0481. The summed E-state index contributed by atoms with van der Waals surface area (Å²) in [5, 5.41) is 0.603. The van der Waals surface area contributed by atoms with Crippen LogP contribution in [-0.4, -0.2) is 24.8 Å². The smallest absolute Gasteiger partial charge is 0.176 e. The average Bonchev–Trinajstić information content (AvgIpc) is 2.20. The molecule has 1 unspecified atom stereocenters. The van der Waals surface area contributed by atoms with Crippen LogP contribution >= 0.6 is 11.6 Å². The molecule has 0 saturated heterocycles. The Morgan fingerprint density at radius 1 is 1.47 bits per heavy atom. The minimum atomic E-state index is -0.351. The number of ketones is 1. The summed E-state index contributed by atoms with van der Waals surface area (Å²) in [6, 6.07) is 7.00. The Morgan fingerprint density at radius 3 is 2.53 bits per heavy atom. The van der Waals surface area contributed by atoms with Gasteiger partial charge in [0.1, 0.15) is 0 Å². The number of benzene rings is 1. The molecule has 0 amide bonds. The third kappa shape index (κ3) is 2.67. The zero-order valence-corrected chi connectivity index (χ0v) is 9.66. The van der Waals surface area contributed by atoms with Crippen LogP contribution in [0.5, 0.6) is 0 Å². The van der Waals surface area contributed by atoms with Gasteiger partial charge in [0.2, 0.25) is 0 Å². The average molecular weight is 224 g/mol. The fourth-order valence-electron chi connectivity index (χ4n) is 1.49. The number of carbonyl (C=O) groups excluding carboxylic acids is 1. The number of carbonyl (C=O) groups is 1. The largest absolute Gasteiger partial charge is 0.296 e. The Balaban J connectivity index is 3.16. The first-order valence-electron chi connectivity index (χ1n) is 4.65. The molecule has 0 heterocycles. The summed E-state index contributed by atoms with van der Waals surface area (Å²) in [4.78, 5) is 13.5. The highest BCUT2D eigenvalue weighted by Crippen LogP contribution is 2.26. The van der Waals surface area contributed by atoms with Gasteiger partial charge in [-0.05, 0) is 31.8 Å². The Hall–Kier alpha value is -1.12. The van der Waals surface area contributed by atoms with E-state index in [-0.39, 0.29) is 11.8 Å². The summed E-state index contributed by atoms with van der Waals surface area (Å²) in [5.41, 5.74) is 0.814. The maximum atomic E-state index is 11.7. The van der Waals surface area contributed by atoms with Crippen molar-refractivity contribution in [3.63, 3.8) is 0 Å². The molecule has 0 N–H and O–H groups in total. The van der Waals surface area contributed by atoms with E-state index >= 15 is 0 Å². The molecule has 0 aliphatic heterocycles. The van der Waals surface area contributed by atoms with E-state index < -0.39 is 0 Å². The van der Waals surface area contributed by atoms with Gasteiger partial charge in [-0.25, -0.2) is 0 Å². The molecule has 15 heavy (non-hydrogen) atoms. The molecule has 0 saturated carbocycles. The number of likely N-dealkylation sites (N-methyl/N-ethyl adjacent to an activating group) is 1. The van der Waals surface area contributed by atoms with Gasteiger partial charge in [0.25, 0.3) is 0 Å². The van der Waals surface area contributed by atoms with Gasteiger partial charge in [-0.15, -0.1) is 0 Å². The van der Waals surface area contributed by atoms with E-state index in [1.807, 2.05) is 37.2 Å². The van der Waals surface area contributed by atoms with Gasteiger partial charge in [0.05, 0.1) is 6.04 Å². The van der Waals surface area contributed by atoms with Crippen molar-refractivity contribution in [1.29, 1.82) is 0 Å². The summed E-state index contributed by atoms with van der Waals surface area (Å²) in [6.07, 6.45) is 1.33. The number of hydrogen-bond acceptors (Lipinski definition) is 2. The molecule has 0 aliphatic carbocycles. The number of rotatable bonds is 4. The van der Waals surface area contributed by atoms with Crippen LogP contribution in [0.15, 0.2) is 36.9 Å². The highest BCUT2D eigenvalue weighted by molar-refractivity contribution is 6.31. The van der Waals surface area contributed by atoms with Gasteiger partial charge in [0.15, 0.2) is 5.78 Å². The molecule has 2 nitrogen and oxygen atoms in total. The summed E-state index contributed by atoms with van der Waals surface area (Å²) in [6.45, 7) is 3.50. The van der Waals surface area contributed by atoms with E-state index in [0.29, 0.717) is 5.02 Å². The molecule has 1 atom stereocenters. The van der Waals surface area contributed by atoms with Gasteiger partial charge in [-0.1, -0.05) is 36.4 Å². The van der Waals surface area contributed by atoms with Crippen LogP contribution < -0.4 is 0 Å². The van der Waals surface area contributed by atoms with Crippen LogP contribution in [0.25, 0.3) is 0 Å². The summed E-state index contributed by atoms with van der Waals surface area (Å²) >= 11 is 6.05. The lowest BCUT2D eigenvalue weighted by molar-refractivity contribution is -0.118. The van der Waals surface area contributed by atoms with E-state index in [0.717, 1.165) is 5.56 Å². The van der Waals surface area contributed by atoms with Crippen LogP contribution in [-0.2, 0) is 4.79 Å². The second kappa shape index (κ2) is 5.10. The minimum Gasteiger partial charge on any atom is -0.296 e. The van der Waals surface area contributed by atoms with Crippen molar-refractivity contribution in [2.75, 3.05) is 14.1 Å². The monoisotopic (exact) mass is 223 g/mol. The van der Waals surface area contributed by atoms with E-state index in [4.69, 9.17) is 11.6 Å². The molecule has 80 valence electrons. The summed E-state index contributed by atoms with van der Waals surface area (Å²) < 4.78 is 0. The van der Waals surface area contributed by atoms with Gasteiger partial charge < -0.3 is 0 Å². The Morgan fingerprint density at radius 2 is 2.07 bits per heavy atom. The van der Waals surface area contributed by atoms with Crippen LogP contribution in [0.1, 0.15) is 11.6 Å². The van der Waals surface area contributed by atoms with Crippen molar-refractivity contribution in [2.45, 2.75) is 6.04 Å². The zero-order chi connectivity index (χ0) is 11.4. The predicted molar refractivity (Wildman–Crippen MR) is 63.1 cm³/mol. The van der Waals surface area contributed by atoms with Crippen molar-refractivity contribution >= 4 is 17.4 Å². The van der Waals surface area contributed by atoms with Crippen molar-refractivity contribution in [2.24, 2.45) is 0 Å². The second-order valence-electron chi connectivity index (χ2n) is 3.49. The van der Waals surface area contributed by atoms with Crippen molar-refractivity contribution in [3.05, 3.63) is 47.5 Å². The van der Waals surface area contributed by atoms with Crippen molar-refractivity contribution in [1.82, 2.24) is 4.90 Å². The molecule has 0 aromatic heterocycles. The quantitative estimate of drug-likeness (QED) is 0.732. The van der Waals surface area contributed by atoms with Crippen LogP contribution in [0.2, 0.25) is 5.02 Å². The first-order chi connectivity index (χ1) is 7.07. The summed E-state index contributed by atoms with van der Waals surface area (Å²) in [7, 11) is 3.69. The van der Waals surface area contributed by atoms with Gasteiger partial charge in [-0.3, -0.25) is 9.69 Å². The standard InChI is InChI=1S/C12H14ClNO/c1-4-11(15)12(14(2)3)9-7-5-6-8-10(9)13/h4-8,12H,1H2,2-3H3. The first-order valence-corrected chi connectivity index (χ1v) is 5.03. The lowest BCUT2D eigenvalue weighted by atomic mass is 10.0. The molecule has 0 fully saturated rings. The molecule has 0 radical (unpaired) electrons. The topological polar surface area (TPSA) is 20.3 Å². The van der Waals surface area contributed by atoms with E-state index in [1.54, 1.807) is 6.07 Å². The molecule has 1 rings (SSSR count). The lowest BCUT2D eigenvalue weighted by Crippen LogP contribution is -2.26. The molecule has 0 bridgehead atoms. The number of nitrogens with zero attached hydrogens (tertiary/aromatic N) is 1. The van der Waals surface area contributed by atoms with Crippen molar-refractivity contribution < 1.29 is 4.79 Å². The Bertz CT molecular complexity index is 374. The highest BCUT2D eigenvalue weighted by Gasteiger charge is 2.22. The molecule has 0 aliphatic rings. The molecular weight excluding hydrogens is 210 g/mol. The molecule has 3 heteroatoms. The summed E-state index contributed by atoms with van der Waals surface area (Å²) in [5.74, 6) is -0.0481. The number of halogens is 1. The molecular formula is C12H14ClNO. The van der Waals surface area contributed by atoms with Crippen molar-refractivity contribution in [3.8, 4) is 0 Å². The molecule has 1 aromatic rings. The molecule has 0 spiro atoms. The SMILES string of the molecule is C=CC(=O)C(c1ccccc1Cl)N(C)C. The zero-order valence-electron chi connectivity index (χ0n) is 8.90. The van der Waals surface area contributed by atoms with Gasteiger partial charge in [0, 0.05) is 5.02 Å². The lowest BCUT2D eigenvalue weighted by Gasteiger charge is -2.22. The van der Waals surface area contributed by atoms with Gasteiger partial charge >= 0.3 is 0 Å². The Labute approximate surface area is 95.2 Å². The number of hydrogen-bond donors (Lipinski definition) is 0. The maximum Gasteiger partial charge on any atom is 0.176 e. The normalized spacial score (nSPS) is 12.5. The van der Waals surface area contributed by atoms with Gasteiger partial charge in [-0.2, -0.15) is 0 Å². The predicted octanol–water partition coefficient (Wildman–Crippen LogP) is 2.70. The van der Waals surface area contributed by atoms with E-state index in [2.05, 4.69) is 6.58 Å².